The maximum Gasteiger partial charge on any atom is 0.293 e. The maximum absolute atomic E-state index is 12.8. The molecule has 1 amide bonds. The Bertz CT molecular complexity index is 942. The lowest BCUT2D eigenvalue weighted by Crippen LogP contribution is -2.48. The van der Waals surface area contributed by atoms with Crippen LogP contribution in [0, 0.1) is 5.92 Å². The van der Waals surface area contributed by atoms with Gasteiger partial charge in [-0.15, -0.1) is 0 Å². The molecule has 0 radical (unpaired) electrons. The molecule has 2 aliphatic rings. The molecule has 162 valence electrons. The van der Waals surface area contributed by atoms with Crippen molar-refractivity contribution in [1.82, 2.24) is 24.7 Å². The molecule has 0 unspecified atom stereocenters. The second-order valence-corrected chi connectivity index (χ2v) is 8.49. The summed E-state index contributed by atoms with van der Waals surface area (Å²) in [6.07, 6.45) is 1.50. The molecule has 1 aromatic heterocycles. The number of hydrogen-bond acceptors (Lipinski definition) is 6. The summed E-state index contributed by atoms with van der Waals surface area (Å²) < 4.78 is 1.66. The molecule has 0 atom stereocenters. The molecule has 0 saturated carbocycles. The molecule has 8 heteroatoms. The van der Waals surface area contributed by atoms with Gasteiger partial charge in [-0.05, 0) is 32.0 Å². The van der Waals surface area contributed by atoms with Crippen LogP contribution in [0.4, 0.5) is 5.82 Å². The van der Waals surface area contributed by atoms with E-state index in [1.165, 1.54) is 0 Å². The van der Waals surface area contributed by atoms with Crippen LogP contribution >= 0.6 is 0 Å². The van der Waals surface area contributed by atoms with Gasteiger partial charge in [0.15, 0.2) is 5.82 Å². The number of nitrogens with zero attached hydrogens (tertiary/aromatic N) is 5. The number of piperazine rings is 1. The zero-order valence-corrected chi connectivity index (χ0v) is 18.0. The number of aryl methyl sites for hydroxylation is 1. The van der Waals surface area contributed by atoms with Gasteiger partial charge < -0.3 is 19.7 Å². The molecule has 8 nitrogen and oxygen atoms in total. The number of rotatable bonds is 5. The lowest BCUT2D eigenvalue weighted by molar-refractivity contribution is -0.125. The summed E-state index contributed by atoms with van der Waals surface area (Å²) in [5, 5.41) is 3.12. The quantitative estimate of drug-likeness (QED) is 0.772. The predicted molar refractivity (Wildman–Crippen MR) is 119 cm³/mol. The van der Waals surface area contributed by atoms with Gasteiger partial charge in [0.25, 0.3) is 5.56 Å². The van der Waals surface area contributed by atoms with Gasteiger partial charge in [0.1, 0.15) is 0 Å². The predicted octanol–water partition coefficient (Wildman–Crippen LogP) is 0.514. The highest BCUT2D eigenvalue weighted by Gasteiger charge is 2.27. The zero-order chi connectivity index (χ0) is 21.1. The van der Waals surface area contributed by atoms with Crippen LogP contribution in [0.2, 0.25) is 0 Å². The van der Waals surface area contributed by atoms with Crippen LogP contribution in [0.3, 0.4) is 0 Å². The van der Waals surface area contributed by atoms with Crippen LogP contribution in [-0.4, -0.2) is 84.7 Å². The number of amides is 1. The SMILES string of the molecule is CN1CCN(CCNC(=O)C2CCN(c3nc4ccccc4n(C)c3=O)CC2)CC1. The van der Waals surface area contributed by atoms with Crippen molar-refractivity contribution in [3.63, 3.8) is 0 Å². The molecule has 0 spiro atoms. The fraction of sp³-hybridized carbons (Fsp3) is 0.591. The number of hydrogen-bond donors (Lipinski definition) is 1. The Hall–Kier alpha value is -2.45. The third-order valence-electron chi connectivity index (χ3n) is 6.45. The molecular formula is C22H32N6O2. The molecule has 1 N–H and O–H groups in total. The highest BCUT2D eigenvalue weighted by molar-refractivity contribution is 5.79. The number of likely N-dealkylation sites (N-methyl/N-ethyl adjacent to an activating group) is 1. The third kappa shape index (κ3) is 4.49. The average Bonchev–Trinajstić information content (AvgIpc) is 2.77. The third-order valence-corrected chi connectivity index (χ3v) is 6.45. The van der Waals surface area contributed by atoms with Gasteiger partial charge in [0.05, 0.1) is 11.0 Å². The van der Waals surface area contributed by atoms with Crippen molar-refractivity contribution in [2.75, 3.05) is 64.3 Å². The van der Waals surface area contributed by atoms with Crippen LogP contribution in [0.15, 0.2) is 29.1 Å². The van der Waals surface area contributed by atoms with Gasteiger partial charge in [0.2, 0.25) is 5.91 Å². The minimum atomic E-state index is -0.0798. The van der Waals surface area contributed by atoms with Gasteiger partial charge in [-0.3, -0.25) is 14.5 Å². The van der Waals surface area contributed by atoms with Gasteiger partial charge in [-0.1, -0.05) is 12.1 Å². The van der Waals surface area contributed by atoms with Crippen LogP contribution < -0.4 is 15.8 Å². The first-order valence-corrected chi connectivity index (χ1v) is 10.9. The van der Waals surface area contributed by atoms with Gasteiger partial charge >= 0.3 is 0 Å². The summed E-state index contributed by atoms with van der Waals surface area (Å²) in [6.45, 7) is 7.29. The molecule has 0 aliphatic carbocycles. The Balaban J connectivity index is 1.30. The first-order valence-electron chi connectivity index (χ1n) is 10.9. The molecule has 30 heavy (non-hydrogen) atoms. The van der Waals surface area contributed by atoms with E-state index >= 15 is 0 Å². The van der Waals surface area contributed by atoms with Crippen molar-refractivity contribution in [2.24, 2.45) is 13.0 Å². The number of para-hydroxylation sites is 2. The van der Waals surface area contributed by atoms with Crippen molar-refractivity contribution in [3.05, 3.63) is 34.6 Å². The molecular weight excluding hydrogens is 380 g/mol. The van der Waals surface area contributed by atoms with Crippen molar-refractivity contribution < 1.29 is 4.79 Å². The molecule has 2 fully saturated rings. The Morgan fingerprint density at radius 1 is 1.07 bits per heavy atom. The summed E-state index contributed by atoms with van der Waals surface area (Å²) in [5.74, 6) is 0.645. The first kappa shape index (κ1) is 20.8. The molecule has 3 heterocycles. The van der Waals surface area contributed by atoms with Gasteiger partial charge in [-0.25, -0.2) is 4.98 Å². The standard InChI is InChI=1S/C22H32N6O2/c1-25-13-15-27(16-14-25)12-9-23-21(29)17-7-10-28(11-8-17)20-22(30)26(2)19-6-4-3-5-18(19)24-20/h3-6,17H,7-16H2,1-2H3,(H,23,29). The molecule has 2 aromatic rings. The van der Waals surface area contributed by atoms with E-state index < -0.39 is 0 Å². The molecule has 0 bridgehead atoms. The number of fused-ring (bicyclic) bond motifs is 1. The average molecular weight is 413 g/mol. The number of piperidine rings is 1. The zero-order valence-electron chi connectivity index (χ0n) is 18.0. The largest absolute Gasteiger partial charge is 0.355 e. The van der Waals surface area contributed by atoms with E-state index in [0.29, 0.717) is 25.5 Å². The van der Waals surface area contributed by atoms with E-state index in [4.69, 9.17) is 0 Å². The monoisotopic (exact) mass is 412 g/mol. The van der Waals surface area contributed by atoms with Crippen LogP contribution in [0.5, 0.6) is 0 Å². The highest BCUT2D eigenvalue weighted by atomic mass is 16.2. The Kier molecular flexibility index (Phi) is 6.34. The van der Waals surface area contributed by atoms with Crippen molar-refractivity contribution in [1.29, 1.82) is 0 Å². The fourth-order valence-electron chi connectivity index (χ4n) is 4.38. The molecule has 4 rings (SSSR count). The lowest BCUT2D eigenvalue weighted by Gasteiger charge is -2.33. The lowest BCUT2D eigenvalue weighted by atomic mass is 9.96. The summed E-state index contributed by atoms with van der Waals surface area (Å²) in [6, 6.07) is 7.68. The number of carbonyl (C=O) groups is 1. The van der Waals surface area contributed by atoms with E-state index in [0.717, 1.165) is 56.6 Å². The molecule has 2 aliphatic heterocycles. The van der Waals surface area contributed by atoms with E-state index in [2.05, 4.69) is 27.1 Å². The number of nitrogens with one attached hydrogen (secondary N) is 1. The van der Waals surface area contributed by atoms with Crippen molar-refractivity contribution in [2.45, 2.75) is 12.8 Å². The summed E-state index contributed by atoms with van der Waals surface area (Å²) in [5.41, 5.74) is 1.57. The Morgan fingerprint density at radius 2 is 1.77 bits per heavy atom. The van der Waals surface area contributed by atoms with E-state index in [1.807, 2.05) is 29.2 Å². The van der Waals surface area contributed by atoms with Gasteiger partial charge in [0, 0.05) is 65.3 Å². The van der Waals surface area contributed by atoms with Crippen molar-refractivity contribution in [3.8, 4) is 0 Å². The van der Waals surface area contributed by atoms with Crippen LogP contribution in [0.25, 0.3) is 11.0 Å². The minimum absolute atomic E-state index is 0.0121. The highest BCUT2D eigenvalue weighted by Crippen LogP contribution is 2.21. The molecule has 1 aromatic carbocycles. The van der Waals surface area contributed by atoms with E-state index in [-0.39, 0.29) is 17.4 Å². The van der Waals surface area contributed by atoms with Crippen LogP contribution in [0.1, 0.15) is 12.8 Å². The Morgan fingerprint density at radius 3 is 2.50 bits per heavy atom. The maximum atomic E-state index is 12.8. The fourth-order valence-corrected chi connectivity index (χ4v) is 4.38. The minimum Gasteiger partial charge on any atom is -0.355 e. The van der Waals surface area contributed by atoms with Crippen LogP contribution in [-0.2, 0) is 11.8 Å². The van der Waals surface area contributed by atoms with E-state index in [9.17, 15) is 9.59 Å². The summed E-state index contributed by atoms with van der Waals surface area (Å²) in [7, 11) is 3.94. The number of anilines is 1. The second kappa shape index (κ2) is 9.14. The topological polar surface area (TPSA) is 73.7 Å². The molecule has 2 saturated heterocycles. The van der Waals surface area contributed by atoms with Crippen molar-refractivity contribution >= 4 is 22.8 Å². The number of aromatic nitrogens is 2. The normalized spacial score (nSPS) is 19.3. The number of benzene rings is 1. The van der Waals surface area contributed by atoms with Gasteiger partial charge in [-0.2, -0.15) is 0 Å². The Labute approximate surface area is 177 Å². The smallest absolute Gasteiger partial charge is 0.293 e. The van der Waals surface area contributed by atoms with E-state index in [1.54, 1.807) is 11.6 Å². The second-order valence-electron chi connectivity index (χ2n) is 8.49. The first-order chi connectivity index (χ1) is 14.5. The number of carbonyl (C=O) groups excluding carboxylic acids is 1. The summed E-state index contributed by atoms with van der Waals surface area (Å²) >= 11 is 0. The summed E-state index contributed by atoms with van der Waals surface area (Å²) in [4.78, 5) is 36.8.